The molecule has 3 rings (SSSR count). The molecule has 1 heterocycles. The van der Waals surface area contributed by atoms with Crippen molar-refractivity contribution in [3.63, 3.8) is 0 Å². The van der Waals surface area contributed by atoms with Crippen molar-refractivity contribution < 1.29 is 13.9 Å². The summed E-state index contributed by atoms with van der Waals surface area (Å²) in [7, 11) is -3.01. The first-order valence-corrected chi connectivity index (χ1v) is 8.06. The predicted molar refractivity (Wildman–Crippen MR) is 77.9 cm³/mol. The second-order valence-corrected chi connectivity index (χ2v) is 6.82. The van der Waals surface area contributed by atoms with Crippen LogP contribution in [-0.4, -0.2) is 13.0 Å². The van der Waals surface area contributed by atoms with Crippen LogP contribution >= 0.6 is 7.37 Å². The molecule has 5 nitrogen and oxygen atoms in total. The summed E-state index contributed by atoms with van der Waals surface area (Å²) >= 11 is 0. The quantitative estimate of drug-likeness (QED) is 0.390. The first kappa shape index (κ1) is 13.3. The van der Waals surface area contributed by atoms with E-state index in [1.54, 1.807) is 0 Å². The first-order valence-electron chi connectivity index (χ1n) is 6.25. The van der Waals surface area contributed by atoms with Crippen LogP contribution in [0.2, 0.25) is 0 Å². The topological polar surface area (TPSA) is 73.6 Å². The summed E-state index contributed by atoms with van der Waals surface area (Å²) in [5.74, 6) is 5.61. The number of nitrogens with two attached hydrogens (primary N) is 1. The molecule has 2 aromatic rings. The highest BCUT2D eigenvalue weighted by molar-refractivity contribution is 7.67. The number of nitrogens with one attached hydrogen (secondary N) is 1. The van der Waals surface area contributed by atoms with Crippen molar-refractivity contribution in [2.24, 2.45) is 5.90 Å². The van der Waals surface area contributed by atoms with E-state index in [-0.39, 0.29) is 13.0 Å². The van der Waals surface area contributed by atoms with E-state index in [4.69, 9.17) is 10.4 Å². The maximum absolute atomic E-state index is 13.1. The largest absolute Gasteiger partial charge is 0.438 e. The minimum atomic E-state index is -3.01. The molecule has 3 N–H and O–H groups in total. The van der Waals surface area contributed by atoms with Crippen molar-refractivity contribution in [3.8, 4) is 16.9 Å². The van der Waals surface area contributed by atoms with Crippen LogP contribution in [0, 0.1) is 0 Å². The summed E-state index contributed by atoms with van der Waals surface area (Å²) < 4.78 is 18.9. The molecule has 0 aromatic heterocycles. The van der Waals surface area contributed by atoms with Crippen molar-refractivity contribution in [1.29, 1.82) is 0 Å². The molecule has 1 aliphatic heterocycles. The molecule has 0 aliphatic carbocycles. The zero-order chi connectivity index (χ0) is 14.0. The molecule has 20 heavy (non-hydrogen) atoms. The zero-order valence-electron chi connectivity index (χ0n) is 10.8. The molecule has 1 unspecified atom stereocenters. The standard InChI is InChI=1S/C14H15N2O3P/c15-18-9-16-10-20(17)14-8-4-2-6-12(14)11-5-1-3-7-13(11)19-20/h1-8,16H,9-10,15H2. The van der Waals surface area contributed by atoms with Crippen LogP contribution in [0.15, 0.2) is 48.5 Å². The van der Waals surface area contributed by atoms with Gasteiger partial charge in [0.2, 0.25) is 0 Å². The van der Waals surface area contributed by atoms with Gasteiger partial charge in [0, 0.05) is 5.56 Å². The SMILES string of the molecule is NOCNCP1(=O)Oc2ccccc2-c2ccccc21. The number of para-hydroxylation sites is 1. The fraction of sp³-hybridized carbons (Fsp3) is 0.143. The molecule has 104 valence electrons. The summed E-state index contributed by atoms with van der Waals surface area (Å²) in [4.78, 5) is 4.45. The summed E-state index contributed by atoms with van der Waals surface area (Å²) in [6.07, 6.45) is 0.176. The van der Waals surface area contributed by atoms with Crippen molar-refractivity contribution in [1.82, 2.24) is 5.32 Å². The highest BCUT2D eigenvalue weighted by Gasteiger charge is 2.35. The maximum atomic E-state index is 13.1. The van der Waals surface area contributed by atoms with Crippen LogP contribution in [0.3, 0.4) is 0 Å². The third-order valence-electron chi connectivity index (χ3n) is 3.20. The van der Waals surface area contributed by atoms with Crippen LogP contribution in [0.25, 0.3) is 11.1 Å². The summed E-state index contributed by atoms with van der Waals surface area (Å²) in [5.41, 5.74) is 1.91. The second-order valence-electron chi connectivity index (χ2n) is 4.50. The van der Waals surface area contributed by atoms with Gasteiger partial charge in [0.05, 0.1) is 11.6 Å². The minimum absolute atomic E-state index is 0.122. The van der Waals surface area contributed by atoms with Crippen molar-refractivity contribution in [2.75, 3.05) is 13.0 Å². The Hall–Kier alpha value is -1.65. The Balaban J connectivity index is 2.06. The van der Waals surface area contributed by atoms with Crippen LogP contribution in [-0.2, 0) is 9.40 Å². The van der Waals surface area contributed by atoms with E-state index in [1.807, 2.05) is 48.5 Å². The Bertz CT molecular complexity index is 675. The van der Waals surface area contributed by atoms with Crippen molar-refractivity contribution >= 4 is 12.7 Å². The van der Waals surface area contributed by atoms with Gasteiger partial charge in [-0.25, -0.2) is 5.90 Å². The summed E-state index contributed by atoms with van der Waals surface area (Å²) in [6.45, 7) is 0.122. The molecule has 0 amide bonds. The Morgan fingerprint density at radius 2 is 1.80 bits per heavy atom. The monoisotopic (exact) mass is 290 g/mol. The van der Waals surface area contributed by atoms with E-state index >= 15 is 0 Å². The minimum Gasteiger partial charge on any atom is -0.438 e. The lowest BCUT2D eigenvalue weighted by Gasteiger charge is -2.28. The van der Waals surface area contributed by atoms with Crippen LogP contribution in [0.1, 0.15) is 0 Å². The molecule has 2 aromatic carbocycles. The Morgan fingerprint density at radius 3 is 2.60 bits per heavy atom. The van der Waals surface area contributed by atoms with Crippen LogP contribution in [0.4, 0.5) is 0 Å². The second kappa shape index (κ2) is 5.38. The zero-order valence-corrected chi connectivity index (χ0v) is 11.7. The average Bonchev–Trinajstić information content (AvgIpc) is 2.48. The lowest BCUT2D eigenvalue weighted by molar-refractivity contribution is 0.123. The molecule has 0 bridgehead atoms. The summed E-state index contributed by atoms with van der Waals surface area (Å²) in [6, 6.07) is 15.2. The van der Waals surface area contributed by atoms with Gasteiger partial charge in [-0.3, -0.25) is 14.7 Å². The van der Waals surface area contributed by atoms with Gasteiger partial charge in [-0.05, 0) is 17.7 Å². The molecular weight excluding hydrogens is 275 g/mol. The maximum Gasteiger partial charge on any atom is 0.291 e. The van der Waals surface area contributed by atoms with Crippen LogP contribution in [0.5, 0.6) is 5.75 Å². The van der Waals surface area contributed by atoms with Gasteiger partial charge in [0.25, 0.3) is 7.37 Å². The van der Waals surface area contributed by atoms with E-state index in [1.165, 1.54) is 0 Å². The number of hydrogen-bond donors (Lipinski definition) is 2. The highest BCUT2D eigenvalue weighted by atomic mass is 31.2. The molecular formula is C14H15N2O3P. The fourth-order valence-electron chi connectivity index (χ4n) is 2.34. The molecule has 0 saturated heterocycles. The van der Waals surface area contributed by atoms with E-state index in [0.29, 0.717) is 5.75 Å². The predicted octanol–water partition coefficient (Wildman–Crippen LogP) is 2.04. The molecule has 1 aliphatic rings. The van der Waals surface area contributed by atoms with Gasteiger partial charge < -0.3 is 4.52 Å². The summed E-state index contributed by atoms with van der Waals surface area (Å²) in [5, 5.41) is 3.61. The normalized spacial score (nSPS) is 19.9. The number of rotatable bonds is 4. The third kappa shape index (κ3) is 2.25. The molecule has 0 radical (unpaired) electrons. The van der Waals surface area contributed by atoms with E-state index in [2.05, 4.69) is 10.2 Å². The number of fused-ring (bicyclic) bond motifs is 3. The van der Waals surface area contributed by atoms with E-state index in [0.717, 1.165) is 16.4 Å². The van der Waals surface area contributed by atoms with Gasteiger partial charge >= 0.3 is 0 Å². The number of hydrogen-bond acceptors (Lipinski definition) is 5. The molecule has 6 heteroatoms. The van der Waals surface area contributed by atoms with E-state index in [9.17, 15) is 4.57 Å². The first-order chi connectivity index (χ1) is 9.74. The Labute approximate surface area is 117 Å². The van der Waals surface area contributed by atoms with Crippen molar-refractivity contribution in [3.05, 3.63) is 48.5 Å². The third-order valence-corrected chi connectivity index (χ3v) is 5.46. The smallest absolute Gasteiger partial charge is 0.291 e. The molecule has 0 fully saturated rings. The Kier molecular flexibility index (Phi) is 3.59. The van der Waals surface area contributed by atoms with E-state index < -0.39 is 7.37 Å². The van der Waals surface area contributed by atoms with Gasteiger partial charge in [-0.1, -0.05) is 36.4 Å². The Morgan fingerprint density at radius 1 is 1.10 bits per heavy atom. The van der Waals surface area contributed by atoms with Gasteiger partial charge in [-0.15, -0.1) is 0 Å². The fourth-order valence-corrected chi connectivity index (χ4v) is 4.42. The number of benzene rings is 2. The van der Waals surface area contributed by atoms with Gasteiger partial charge in [0.1, 0.15) is 12.5 Å². The molecule has 0 spiro atoms. The average molecular weight is 290 g/mol. The molecule has 0 saturated carbocycles. The van der Waals surface area contributed by atoms with Crippen molar-refractivity contribution in [2.45, 2.75) is 0 Å². The lowest BCUT2D eigenvalue weighted by Crippen LogP contribution is -2.28. The van der Waals surface area contributed by atoms with Gasteiger partial charge in [0.15, 0.2) is 0 Å². The highest BCUT2D eigenvalue weighted by Crippen LogP contribution is 2.53. The lowest BCUT2D eigenvalue weighted by atomic mass is 10.0. The van der Waals surface area contributed by atoms with Gasteiger partial charge in [-0.2, -0.15) is 0 Å². The van der Waals surface area contributed by atoms with Crippen LogP contribution < -0.4 is 21.0 Å². The molecule has 1 atom stereocenters.